The number of nitrogens with one attached hydrogen (secondary N) is 1. The maximum atomic E-state index is 12.3. The standard InChI is InChI=1S/C20H20N2O5/c1-24-14-7-5-13(6-8-14)19-21-15(20(23)22-19)9-12-10-16(25-2)18(27-4)17(11-12)26-3/h5-11H,1-4H3,(H,21,22,23)/b15-9-. The van der Waals surface area contributed by atoms with Gasteiger partial charge in [-0.15, -0.1) is 0 Å². The Balaban J connectivity index is 1.96. The Hall–Kier alpha value is -3.48. The van der Waals surface area contributed by atoms with Crippen molar-refractivity contribution >= 4 is 17.8 Å². The van der Waals surface area contributed by atoms with Crippen LogP contribution in [-0.2, 0) is 4.79 Å². The second-order valence-corrected chi connectivity index (χ2v) is 5.63. The zero-order valence-electron chi connectivity index (χ0n) is 15.5. The Bertz CT molecular complexity index is 891. The third-order valence-corrected chi connectivity index (χ3v) is 4.05. The zero-order valence-corrected chi connectivity index (χ0v) is 15.5. The van der Waals surface area contributed by atoms with Crippen LogP contribution in [0.15, 0.2) is 47.1 Å². The highest BCUT2D eigenvalue weighted by Gasteiger charge is 2.22. The molecule has 0 bridgehead atoms. The summed E-state index contributed by atoms with van der Waals surface area (Å²) in [6.45, 7) is 0. The molecular formula is C20H20N2O5. The molecule has 0 saturated heterocycles. The van der Waals surface area contributed by atoms with E-state index in [0.717, 1.165) is 11.3 Å². The summed E-state index contributed by atoms with van der Waals surface area (Å²) < 4.78 is 21.1. The van der Waals surface area contributed by atoms with Crippen molar-refractivity contribution in [1.29, 1.82) is 0 Å². The van der Waals surface area contributed by atoms with Crippen LogP contribution in [0.3, 0.4) is 0 Å². The zero-order chi connectivity index (χ0) is 19.4. The van der Waals surface area contributed by atoms with Gasteiger partial charge in [0.25, 0.3) is 5.91 Å². The summed E-state index contributed by atoms with van der Waals surface area (Å²) in [5.74, 6) is 2.43. The van der Waals surface area contributed by atoms with E-state index in [2.05, 4.69) is 10.3 Å². The molecule has 0 spiro atoms. The van der Waals surface area contributed by atoms with E-state index in [1.54, 1.807) is 25.3 Å². The number of amides is 1. The van der Waals surface area contributed by atoms with Crippen molar-refractivity contribution < 1.29 is 23.7 Å². The van der Waals surface area contributed by atoms with Gasteiger partial charge in [0, 0.05) is 5.56 Å². The maximum Gasteiger partial charge on any atom is 0.275 e. The Morgan fingerprint density at radius 2 is 1.52 bits per heavy atom. The molecule has 0 unspecified atom stereocenters. The third-order valence-electron chi connectivity index (χ3n) is 4.05. The van der Waals surface area contributed by atoms with Crippen molar-refractivity contribution in [3.63, 3.8) is 0 Å². The van der Waals surface area contributed by atoms with E-state index in [9.17, 15) is 4.79 Å². The summed E-state index contributed by atoms with van der Waals surface area (Å²) in [6.07, 6.45) is 1.66. The van der Waals surface area contributed by atoms with Gasteiger partial charge in [-0.2, -0.15) is 0 Å². The Morgan fingerprint density at radius 1 is 0.889 bits per heavy atom. The first kappa shape index (κ1) is 18.3. The molecule has 1 amide bonds. The minimum atomic E-state index is -0.283. The summed E-state index contributed by atoms with van der Waals surface area (Å²) in [7, 11) is 6.21. The van der Waals surface area contributed by atoms with Gasteiger partial charge in [0.1, 0.15) is 17.3 Å². The number of ether oxygens (including phenoxy) is 4. The monoisotopic (exact) mass is 368 g/mol. The van der Waals surface area contributed by atoms with E-state index in [1.165, 1.54) is 21.3 Å². The fourth-order valence-electron chi connectivity index (χ4n) is 2.70. The molecule has 0 saturated carbocycles. The second kappa shape index (κ2) is 7.82. The van der Waals surface area contributed by atoms with E-state index in [4.69, 9.17) is 18.9 Å². The number of carbonyl (C=O) groups is 1. The lowest BCUT2D eigenvalue weighted by Crippen LogP contribution is -2.24. The summed E-state index contributed by atoms with van der Waals surface area (Å²) in [4.78, 5) is 16.7. The fraction of sp³-hybridized carbons (Fsp3) is 0.200. The molecule has 7 nitrogen and oxygen atoms in total. The lowest BCUT2D eigenvalue weighted by molar-refractivity contribution is -0.115. The van der Waals surface area contributed by atoms with Gasteiger partial charge in [0.15, 0.2) is 11.5 Å². The van der Waals surface area contributed by atoms with Gasteiger partial charge in [-0.3, -0.25) is 4.79 Å². The molecular weight excluding hydrogens is 348 g/mol. The molecule has 1 aliphatic heterocycles. The van der Waals surface area contributed by atoms with Crippen molar-refractivity contribution in [2.45, 2.75) is 0 Å². The van der Waals surface area contributed by atoms with Crippen molar-refractivity contribution in [1.82, 2.24) is 5.32 Å². The lowest BCUT2D eigenvalue weighted by atomic mass is 10.1. The Kier molecular flexibility index (Phi) is 5.30. The van der Waals surface area contributed by atoms with Gasteiger partial charge < -0.3 is 24.3 Å². The van der Waals surface area contributed by atoms with Crippen LogP contribution in [0.5, 0.6) is 23.0 Å². The molecule has 3 rings (SSSR count). The number of benzene rings is 2. The quantitative estimate of drug-likeness (QED) is 0.793. The molecule has 0 aliphatic carbocycles. The number of nitrogens with zero attached hydrogens (tertiary/aromatic N) is 1. The molecule has 0 aromatic heterocycles. The molecule has 2 aromatic rings. The second-order valence-electron chi connectivity index (χ2n) is 5.63. The predicted molar refractivity (Wildman–Crippen MR) is 102 cm³/mol. The minimum absolute atomic E-state index is 0.283. The largest absolute Gasteiger partial charge is 0.497 e. The Morgan fingerprint density at radius 3 is 2.04 bits per heavy atom. The highest BCUT2D eigenvalue weighted by atomic mass is 16.5. The van der Waals surface area contributed by atoms with Crippen molar-refractivity contribution in [2.24, 2.45) is 4.99 Å². The molecule has 27 heavy (non-hydrogen) atoms. The van der Waals surface area contributed by atoms with Crippen LogP contribution in [0.4, 0.5) is 0 Å². The smallest absolute Gasteiger partial charge is 0.275 e. The minimum Gasteiger partial charge on any atom is -0.497 e. The SMILES string of the molecule is COc1ccc(C2=N/C(=C\c3cc(OC)c(OC)c(OC)c3)C(=O)N2)cc1. The molecule has 1 N–H and O–H groups in total. The molecule has 2 aromatic carbocycles. The van der Waals surface area contributed by atoms with Crippen molar-refractivity contribution in [3.8, 4) is 23.0 Å². The number of amidine groups is 1. The van der Waals surface area contributed by atoms with Crippen molar-refractivity contribution in [3.05, 3.63) is 53.2 Å². The third kappa shape index (κ3) is 3.72. The first-order valence-corrected chi connectivity index (χ1v) is 8.15. The molecule has 7 heteroatoms. The van der Waals surface area contributed by atoms with Gasteiger partial charge in [0.05, 0.1) is 28.4 Å². The number of aliphatic imine (C=N–C) groups is 1. The highest BCUT2D eigenvalue weighted by Crippen LogP contribution is 2.38. The lowest BCUT2D eigenvalue weighted by Gasteiger charge is -2.12. The van der Waals surface area contributed by atoms with E-state index >= 15 is 0 Å². The van der Waals surface area contributed by atoms with Crippen LogP contribution in [0.25, 0.3) is 6.08 Å². The topological polar surface area (TPSA) is 78.4 Å². The molecule has 1 aliphatic rings. The molecule has 0 radical (unpaired) electrons. The Labute approximate surface area is 157 Å². The van der Waals surface area contributed by atoms with Crippen LogP contribution >= 0.6 is 0 Å². The van der Waals surface area contributed by atoms with Gasteiger partial charge in [0.2, 0.25) is 5.75 Å². The van der Waals surface area contributed by atoms with Crippen molar-refractivity contribution in [2.75, 3.05) is 28.4 Å². The number of methoxy groups -OCH3 is 4. The van der Waals surface area contributed by atoms with E-state index in [0.29, 0.717) is 28.6 Å². The average Bonchev–Trinajstić information content (AvgIpc) is 3.07. The number of hydrogen-bond acceptors (Lipinski definition) is 6. The van der Waals surface area contributed by atoms with Gasteiger partial charge in [-0.05, 0) is 48.0 Å². The van der Waals surface area contributed by atoms with Crippen LogP contribution in [0.1, 0.15) is 11.1 Å². The summed E-state index contributed by atoms with van der Waals surface area (Å²) >= 11 is 0. The van der Waals surface area contributed by atoms with Crippen LogP contribution in [0, 0.1) is 0 Å². The summed E-state index contributed by atoms with van der Waals surface area (Å²) in [6, 6.07) is 10.8. The maximum absolute atomic E-state index is 12.3. The van der Waals surface area contributed by atoms with Gasteiger partial charge in [-0.25, -0.2) is 4.99 Å². The predicted octanol–water partition coefficient (Wildman–Crippen LogP) is 2.64. The molecule has 0 atom stereocenters. The van der Waals surface area contributed by atoms with Gasteiger partial charge in [-0.1, -0.05) is 0 Å². The average molecular weight is 368 g/mol. The fourth-order valence-corrected chi connectivity index (χ4v) is 2.70. The summed E-state index contributed by atoms with van der Waals surface area (Å²) in [5.41, 5.74) is 1.78. The van der Waals surface area contributed by atoms with Crippen LogP contribution in [-0.4, -0.2) is 40.2 Å². The van der Waals surface area contributed by atoms with E-state index in [-0.39, 0.29) is 11.6 Å². The first-order chi connectivity index (χ1) is 13.1. The normalized spacial score (nSPS) is 14.6. The van der Waals surface area contributed by atoms with E-state index in [1.807, 2.05) is 24.3 Å². The molecule has 0 fully saturated rings. The number of hydrogen-bond donors (Lipinski definition) is 1. The summed E-state index contributed by atoms with van der Waals surface area (Å²) in [5, 5.41) is 2.77. The molecule has 140 valence electrons. The first-order valence-electron chi connectivity index (χ1n) is 8.15. The van der Waals surface area contributed by atoms with Crippen LogP contribution < -0.4 is 24.3 Å². The number of carbonyl (C=O) groups excluding carboxylic acids is 1. The highest BCUT2D eigenvalue weighted by molar-refractivity contribution is 6.19. The van der Waals surface area contributed by atoms with Gasteiger partial charge >= 0.3 is 0 Å². The van der Waals surface area contributed by atoms with E-state index < -0.39 is 0 Å². The van der Waals surface area contributed by atoms with Crippen LogP contribution in [0.2, 0.25) is 0 Å². The number of rotatable bonds is 6. The molecule has 1 heterocycles.